The van der Waals surface area contributed by atoms with Crippen molar-refractivity contribution < 1.29 is 62.0 Å². The average Bonchev–Trinajstić information content (AvgIpc) is 3.43. The minimum atomic E-state index is -1.06. The number of aryl methyl sites for hydroxylation is 2. The minimum absolute atomic E-state index is 0.0212. The molecule has 9 amide bonds. The van der Waals surface area contributed by atoms with Gasteiger partial charge in [-0.05, 0) is 98.2 Å². The summed E-state index contributed by atoms with van der Waals surface area (Å²) in [6.07, 6.45) is 12.1. The Hall–Kier alpha value is -8.59. The molecule has 10 N–H and O–H groups in total. The molecule has 1 unspecified atom stereocenters. The van der Waals surface area contributed by atoms with Crippen LogP contribution in [0.5, 0.6) is 0 Å². The number of nitrogens with two attached hydrogens (primary N) is 2. The van der Waals surface area contributed by atoms with Crippen molar-refractivity contribution in [2.45, 2.75) is 90.3 Å². The summed E-state index contributed by atoms with van der Waals surface area (Å²) in [5, 5.41) is 16.5. The van der Waals surface area contributed by atoms with Gasteiger partial charge >= 0.3 is 12.1 Å². The molecule has 0 saturated carbocycles. The number of urea groups is 1. The van der Waals surface area contributed by atoms with E-state index >= 15 is 0 Å². The van der Waals surface area contributed by atoms with E-state index in [1.165, 1.54) is 23.3 Å². The molecule has 0 radical (unpaired) electrons. The third-order valence-corrected chi connectivity index (χ3v) is 13.7. The van der Waals surface area contributed by atoms with E-state index in [2.05, 4.69) is 63.9 Å². The number of unbranched alkanes of at least 4 members (excludes halogenated alkanes) is 1. The van der Waals surface area contributed by atoms with Crippen LogP contribution in [0.4, 0.5) is 32.5 Å². The van der Waals surface area contributed by atoms with Crippen molar-refractivity contribution in [1.82, 2.24) is 41.1 Å². The van der Waals surface area contributed by atoms with E-state index in [-0.39, 0.29) is 94.8 Å². The minimum Gasteiger partial charge on any atom is -0.445 e. The lowest BCUT2D eigenvalue weighted by Gasteiger charge is -2.25. The van der Waals surface area contributed by atoms with Crippen molar-refractivity contribution in [3.05, 3.63) is 102 Å². The number of alkyl carbamates (subject to hydrolysis) is 1. The van der Waals surface area contributed by atoms with Crippen LogP contribution in [0.15, 0.2) is 79.3 Å². The molecule has 26 nitrogen and oxygen atoms in total. The number of nitrogens with one attached hydrogen (secondary N) is 6. The van der Waals surface area contributed by atoms with E-state index in [4.69, 9.17) is 35.2 Å². The Morgan fingerprint density at radius 3 is 2.18 bits per heavy atom. The van der Waals surface area contributed by atoms with E-state index in [9.17, 15) is 38.4 Å². The van der Waals surface area contributed by atoms with Crippen molar-refractivity contribution in [3.8, 4) is 11.3 Å². The van der Waals surface area contributed by atoms with Crippen molar-refractivity contribution in [1.29, 1.82) is 0 Å². The van der Waals surface area contributed by atoms with Gasteiger partial charge in [-0.15, -0.1) is 0 Å². The number of hydrogen-bond acceptors (Lipinski definition) is 18. The number of aromatic nitrogens is 3. The fourth-order valence-corrected chi connectivity index (χ4v) is 9.06. The summed E-state index contributed by atoms with van der Waals surface area (Å²) in [6, 6.07) is 11.9. The third kappa shape index (κ3) is 22.2. The molecule has 2 atom stereocenters. The number of hydrogen-bond donors (Lipinski definition) is 8. The summed E-state index contributed by atoms with van der Waals surface area (Å²) in [6.45, 7) is 6.95. The molecule has 2 aliphatic rings. The normalized spacial score (nSPS) is 13.9. The number of rotatable bonds is 32. The van der Waals surface area contributed by atoms with Crippen LogP contribution >= 0.6 is 0 Å². The first kappa shape index (κ1) is 65.6. The number of ether oxygens (including phenoxy) is 5. The summed E-state index contributed by atoms with van der Waals surface area (Å²) in [5.41, 5.74) is 17.6. The maximum Gasteiger partial charge on any atom is 0.407 e. The predicted octanol–water partition coefficient (Wildman–Crippen LogP) is 3.79. The van der Waals surface area contributed by atoms with Gasteiger partial charge in [0, 0.05) is 62.7 Å². The molecule has 4 bridgehead atoms. The zero-order valence-corrected chi connectivity index (χ0v) is 48.5. The zero-order valence-electron chi connectivity index (χ0n) is 48.5. The summed E-state index contributed by atoms with van der Waals surface area (Å²) in [4.78, 5) is 117. The van der Waals surface area contributed by atoms with Crippen LogP contribution in [0.3, 0.4) is 0 Å². The molecule has 0 fully saturated rings. The summed E-state index contributed by atoms with van der Waals surface area (Å²) in [5.74, 6) is -3.06. The van der Waals surface area contributed by atoms with E-state index in [0.717, 1.165) is 54.8 Å². The highest BCUT2D eigenvalue weighted by atomic mass is 16.6. The van der Waals surface area contributed by atoms with Gasteiger partial charge in [0.2, 0.25) is 17.7 Å². The second kappa shape index (κ2) is 34.9. The molecule has 26 heteroatoms. The standard InChI is InChI=1S/C59H79N13O13/c1-39(2)52(70-49(73)21-27-81-29-31-83-33-34-84-32-30-82-28-26-72-50(74)18-19-51(72)75)56(77)68-45(11-8-23-63-58(61)79)55(76)66-44-16-12-40(13-17-44)38-85-59(80)64-22-6-4-9-41-14-15-43-35-42(41)10-5-7-25-71(3)48-20-24-62-36-47(48)69-57(78)53-54(60)65-37-46(43)67-53/h12-20,24,35-37,39,45,52H,4-11,21-23,25-34,38H2,1-3H3,(H2,60,65)(H,64,80)(H,66,76)(H,68,77)(H,69,78)(H,70,73)(H3,61,63,79)/t45?,52-/m0/s1. The Bertz CT molecular complexity index is 2910. The number of fused-ring (bicyclic) bond motifs is 6. The fourth-order valence-electron chi connectivity index (χ4n) is 9.06. The highest BCUT2D eigenvalue weighted by molar-refractivity contribution is 6.13. The molecule has 85 heavy (non-hydrogen) atoms. The smallest absolute Gasteiger partial charge is 0.407 e. The van der Waals surface area contributed by atoms with Gasteiger partial charge in [0.25, 0.3) is 17.7 Å². The molecule has 0 aliphatic carbocycles. The SMILES string of the molecule is CC(C)[C@H](NC(=O)CCOCCOCCOCCOCCN1C(=O)C=CC1=O)C(=O)NC(CCCNC(N)=O)C(=O)Nc1ccc(COC(=O)NCCCCc2ccc3cc2CCCCN(C)c2ccncc2NC(=O)c2nc-3cnc2N)cc1. The van der Waals surface area contributed by atoms with E-state index in [1.807, 2.05) is 19.2 Å². The zero-order chi connectivity index (χ0) is 60.9. The molecule has 2 aliphatic heterocycles. The monoisotopic (exact) mass is 1180 g/mol. The molecular formula is C59H79N13O13. The molecule has 6 rings (SSSR count). The molecule has 0 saturated heterocycles. The second-order valence-corrected chi connectivity index (χ2v) is 20.5. The van der Waals surface area contributed by atoms with Crippen LogP contribution in [-0.2, 0) is 67.1 Å². The maximum atomic E-state index is 13.7. The first-order chi connectivity index (χ1) is 41.1. The van der Waals surface area contributed by atoms with Crippen molar-refractivity contribution in [2.75, 3.05) is 107 Å². The first-order valence-corrected chi connectivity index (χ1v) is 28.6. The maximum absolute atomic E-state index is 13.7. The van der Waals surface area contributed by atoms with Crippen molar-refractivity contribution in [3.63, 3.8) is 0 Å². The number of primary amides is 1. The number of carbonyl (C=O) groups excluding carboxylic acids is 8. The van der Waals surface area contributed by atoms with Crippen LogP contribution < -0.4 is 48.3 Å². The Kier molecular flexibility index (Phi) is 26.9. The first-order valence-electron chi connectivity index (χ1n) is 28.6. The van der Waals surface area contributed by atoms with E-state index in [0.29, 0.717) is 61.8 Å². The number of pyridine rings is 1. The molecule has 4 aromatic rings. The van der Waals surface area contributed by atoms with Gasteiger partial charge in [0.15, 0.2) is 11.5 Å². The van der Waals surface area contributed by atoms with Gasteiger partial charge in [0.1, 0.15) is 18.7 Å². The van der Waals surface area contributed by atoms with Gasteiger partial charge in [-0.2, -0.15) is 0 Å². The predicted molar refractivity (Wildman–Crippen MR) is 316 cm³/mol. The number of nitrogen functional groups attached to an aromatic ring is 1. The molecule has 4 heterocycles. The lowest BCUT2D eigenvalue weighted by Crippen LogP contribution is -2.54. The fraction of sp³-hybridized carbons (Fsp3) is 0.475. The van der Waals surface area contributed by atoms with E-state index < -0.39 is 47.8 Å². The summed E-state index contributed by atoms with van der Waals surface area (Å²) < 4.78 is 27.4. The topological polar surface area (TPSA) is 352 Å². The number of nitrogens with zero attached hydrogens (tertiary/aromatic N) is 5. The Morgan fingerprint density at radius 2 is 1.47 bits per heavy atom. The Morgan fingerprint density at radius 1 is 0.776 bits per heavy atom. The Balaban J connectivity index is 0.882. The highest BCUT2D eigenvalue weighted by Gasteiger charge is 2.29. The van der Waals surface area contributed by atoms with Gasteiger partial charge in [-0.1, -0.05) is 38.1 Å². The molecule has 2 aromatic carbocycles. The summed E-state index contributed by atoms with van der Waals surface area (Å²) in [7, 11) is 1.98. The third-order valence-electron chi connectivity index (χ3n) is 13.7. The van der Waals surface area contributed by atoms with Crippen molar-refractivity contribution in [2.24, 2.45) is 11.7 Å². The largest absolute Gasteiger partial charge is 0.445 e. The van der Waals surface area contributed by atoms with E-state index in [1.54, 1.807) is 56.7 Å². The van der Waals surface area contributed by atoms with Crippen LogP contribution in [-0.4, -0.2) is 166 Å². The van der Waals surface area contributed by atoms with Gasteiger partial charge in [-0.3, -0.25) is 38.7 Å². The van der Waals surface area contributed by atoms with Gasteiger partial charge in [-0.25, -0.2) is 19.6 Å². The number of carbonyl (C=O) groups is 8. The molecule has 0 spiro atoms. The second-order valence-electron chi connectivity index (χ2n) is 20.5. The van der Waals surface area contributed by atoms with Crippen LogP contribution in [0.25, 0.3) is 11.3 Å². The number of benzene rings is 2. The lowest BCUT2D eigenvalue weighted by molar-refractivity contribution is -0.137. The van der Waals surface area contributed by atoms with Crippen LogP contribution in [0.2, 0.25) is 0 Å². The lowest BCUT2D eigenvalue weighted by atomic mass is 9.94. The number of anilines is 4. The average molecular weight is 1180 g/mol. The van der Waals surface area contributed by atoms with Crippen molar-refractivity contribution >= 4 is 70.4 Å². The Labute approximate surface area is 494 Å². The molecular weight excluding hydrogens is 1100 g/mol. The number of imide groups is 1. The number of amides is 9. The summed E-state index contributed by atoms with van der Waals surface area (Å²) >= 11 is 0. The van der Waals surface area contributed by atoms with Crippen LogP contribution in [0.1, 0.15) is 86.0 Å². The molecule has 2 aromatic heterocycles. The van der Waals surface area contributed by atoms with Gasteiger partial charge in [0.05, 0.1) is 88.9 Å². The highest BCUT2D eigenvalue weighted by Crippen LogP contribution is 2.28. The molecule has 458 valence electrons. The quantitative estimate of drug-likeness (QED) is 0.0255. The van der Waals surface area contributed by atoms with Gasteiger partial charge < -0.3 is 72.0 Å². The van der Waals surface area contributed by atoms with Crippen LogP contribution in [0, 0.1) is 5.92 Å².